The minimum absolute atomic E-state index is 0.106. The highest BCUT2D eigenvalue weighted by molar-refractivity contribution is 5.98. The highest BCUT2D eigenvalue weighted by atomic mass is 16.1. The zero-order valence-electron chi connectivity index (χ0n) is 7.72. The van der Waals surface area contributed by atoms with Crippen LogP contribution in [0.5, 0.6) is 0 Å². The highest BCUT2D eigenvalue weighted by Gasteiger charge is 2.02. The molecule has 0 radical (unpaired) electrons. The summed E-state index contributed by atoms with van der Waals surface area (Å²) in [6.45, 7) is 3.63. The maximum Gasteiger partial charge on any atom is 0.159 e. The number of benzene rings is 1. The van der Waals surface area contributed by atoms with Crippen molar-refractivity contribution in [3.05, 3.63) is 35.5 Å². The van der Waals surface area contributed by atoms with Crippen molar-refractivity contribution in [1.29, 1.82) is 0 Å². The molecule has 0 bridgehead atoms. The van der Waals surface area contributed by atoms with Gasteiger partial charge in [-0.25, -0.2) is 0 Å². The molecule has 2 heteroatoms. The molecule has 2 nitrogen and oxygen atoms in total. The van der Waals surface area contributed by atoms with Gasteiger partial charge in [0.2, 0.25) is 0 Å². The van der Waals surface area contributed by atoms with Crippen molar-refractivity contribution >= 4 is 16.7 Å². The average molecular weight is 173 g/mol. The van der Waals surface area contributed by atoms with Gasteiger partial charge in [-0.2, -0.15) is 0 Å². The number of hydrogen-bond donors (Lipinski definition) is 1. The number of nitrogens with one attached hydrogen (secondary N) is 1. The zero-order chi connectivity index (χ0) is 9.42. The molecule has 13 heavy (non-hydrogen) atoms. The standard InChI is InChI=1S/C11H11NO/c1-7-6-12-11-5-9(8(2)13)3-4-10(7)11/h3-6,12H,1-2H3. The summed E-state index contributed by atoms with van der Waals surface area (Å²) in [5, 5.41) is 1.19. The molecular formula is C11H11NO. The molecule has 1 aromatic heterocycles. The molecular weight excluding hydrogens is 162 g/mol. The van der Waals surface area contributed by atoms with Crippen LogP contribution >= 0.6 is 0 Å². The van der Waals surface area contributed by atoms with Crippen LogP contribution in [0.1, 0.15) is 22.8 Å². The van der Waals surface area contributed by atoms with Gasteiger partial charge in [0, 0.05) is 22.7 Å². The van der Waals surface area contributed by atoms with E-state index in [1.807, 2.05) is 31.3 Å². The van der Waals surface area contributed by atoms with E-state index in [4.69, 9.17) is 0 Å². The molecule has 2 aromatic rings. The topological polar surface area (TPSA) is 32.9 Å². The molecule has 0 aliphatic heterocycles. The molecule has 0 aliphatic rings. The maximum absolute atomic E-state index is 11.1. The molecule has 0 unspecified atom stereocenters. The Morgan fingerprint density at radius 2 is 2.15 bits per heavy atom. The van der Waals surface area contributed by atoms with Crippen LogP contribution in [-0.4, -0.2) is 10.8 Å². The van der Waals surface area contributed by atoms with E-state index in [9.17, 15) is 4.79 Å². The highest BCUT2D eigenvalue weighted by Crippen LogP contribution is 2.18. The Kier molecular flexibility index (Phi) is 1.69. The van der Waals surface area contributed by atoms with Gasteiger partial charge in [-0.05, 0) is 25.5 Å². The van der Waals surface area contributed by atoms with Gasteiger partial charge in [-0.3, -0.25) is 4.79 Å². The smallest absolute Gasteiger partial charge is 0.159 e. The first kappa shape index (κ1) is 8.05. The van der Waals surface area contributed by atoms with Gasteiger partial charge in [0.1, 0.15) is 0 Å². The molecule has 66 valence electrons. The van der Waals surface area contributed by atoms with Crippen molar-refractivity contribution in [2.24, 2.45) is 0 Å². The maximum atomic E-state index is 11.1. The Hall–Kier alpha value is -1.57. The van der Waals surface area contributed by atoms with Gasteiger partial charge in [-0.1, -0.05) is 12.1 Å². The first-order chi connectivity index (χ1) is 6.18. The second-order valence-corrected chi connectivity index (χ2v) is 3.29. The monoisotopic (exact) mass is 173 g/mol. The van der Waals surface area contributed by atoms with E-state index in [2.05, 4.69) is 4.98 Å². The van der Waals surface area contributed by atoms with Gasteiger partial charge in [0.05, 0.1) is 0 Å². The number of aryl methyl sites for hydroxylation is 1. The minimum Gasteiger partial charge on any atom is -0.361 e. The number of aromatic nitrogens is 1. The fraction of sp³-hybridized carbons (Fsp3) is 0.182. The van der Waals surface area contributed by atoms with Gasteiger partial charge in [0.25, 0.3) is 0 Å². The van der Waals surface area contributed by atoms with Crippen molar-refractivity contribution in [3.63, 3.8) is 0 Å². The van der Waals surface area contributed by atoms with Crippen LogP contribution < -0.4 is 0 Å². The third-order valence-corrected chi connectivity index (χ3v) is 2.30. The third-order valence-electron chi connectivity index (χ3n) is 2.30. The molecule has 0 saturated heterocycles. The van der Waals surface area contributed by atoms with E-state index in [-0.39, 0.29) is 5.78 Å². The Labute approximate surface area is 76.6 Å². The molecule has 0 aliphatic carbocycles. The Morgan fingerprint density at radius 1 is 1.38 bits per heavy atom. The number of carbonyl (C=O) groups is 1. The molecule has 0 spiro atoms. The Bertz CT molecular complexity index is 468. The minimum atomic E-state index is 0.106. The second kappa shape index (κ2) is 2.73. The molecule has 0 saturated carbocycles. The van der Waals surface area contributed by atoms with E-state index in [0.717, 1.165) is 11.1 Å². The fourth-order valence-corrected chi connectivity index (χ4v) is 1.49. The summed E-state index contributed by atoms with van der Waals surface area (Å²) in [5.74, 6) is 0.106. The van der Waals surface area contributed by atoms with E-state index in [1.165, 1.54) is 10.9 Å². The van der Waals surface area contributed by atoms with E-state index >= 15 is 0 Å². The van der Waals surface area contributed by atoms with Gasteiger partial charge >= 0.3 is 0 Å². The molecule has 1 N–H and O–H groups in total. The van der Waals surface area contributed by atoms with Gasteiger partial charge in [-0.15, -0.1) is 0 Å². The van der Waals surface area contributed by atoms with Crippen molar-refractivity contribution in [2.45, 2.75) is 13.8 Å². The van der Waals surface area contributed by atoms with Crippen LogP contribution in [0.25, 0.3) is 10.9 Å². The zero-order valence-corrected chi connectivity index (χ0v) is 7.72. The van der Waals surface area contributed by atoms with Crippen LogP contribution in [0.2, 0.25) is 0 Å². The summed E-state index contributed by atoms with van der Waals surface area (Å²) in [6, 6.07) is 5.74. The van der Waals surface area contributed by atoms with Crippen molar-refractivity contribution in [2.75, 3.05) is 0 Å². The number of H-pyrrole nitrogens is 1. The summed E-state index contributed by atoms with van der Waals surface area (Å²) in [4.78, 5) is 14.2. The SMILES string of the molecule is CC(=O)c1ccc2c(C)c[nH]c2c1. The Morgan fingerprint density at radius 3 is 2.85 bits per heavy atom. The molecule has 1 aromatic carbocycles. The summed E-state index contributed by atoms with van der Waals surface area (Å²) in [6.07, 6.45) is 1.95. The predicted molar refractivity (Wildman–Crippen MR) is 53.0 cm³/mol. The summed E-state index contributed by atoms with van der Waals surface area (Å²) >= 11 is 0. The van der Waals surface area contributed by atoms with Crippen molar-refractivity contribution in [3.8, 4) is 0 Å². The van der Waals surface area contributed by atoms with Crippen LogP contribution in [0.3, 0.4) is 0 Å². The summed E-state index contributed by atoms with van der Waals surface area (Å²) in [7, 11) is 0. The van der Waals surface area contributed by atoms with Crippen LogP contribution in [-0.2, 0) is 0 Å². The largest absolute Gasteiger partial charge is 0.361 e. The lowest BCUT2D eigenvalue weighted by atomic mass is 10.1. The third kappa shape index (κ3) is 1.24. The normalized spacial score (nSPS) is 10.6. The lowest BCUT2D eigenvalue weighted by molar-refractivity contribution is 0.101. The fourth-order valence-electron chi connectivity index (χ4n) is 1.49. The first-order valence-electron chi connectivity index (χ1n) is 4.27. The van der Waals surface area contributed by atoms with E-state index < -0.39 is 0 Å². The van der Waals surface area contributed by atoms with Crippen LogP contribution in [0.15, 0.2) is 24.4 Å². The number of aromatic amines is 1. The Balaban J connectivity index is 2.70. The van der Waals surface area contributed by atoms with Crippen LogP contribution in [0, 0.1) is 6.92 Å². The number of fused-ring (bicyclic) bond motifs is 1. The molecule has 0 fully saturated rings. The molecule has 0 atom stereocenters. The predicted octanol–water partition coefficient (Wildman–Crippen LogP) is 2.68. The van der Waals surface area contributed by atoms with Crippen molar-refractivity contribution in [1.82, 2.24) is 4.98 Å². The second-order valence-electron chi connectivity index (χ2n) is 3.29. The lowest BCUT2D eigenvalue weighted by Gasteiger charge is -1.95. The number of ketones is 1. The van der Waals surface area contributed by atoms with E-state index in [0.29, 0.717) is 0 Å². The number of rotatable bonds is 1. The quantitative estimate of drug-likeness (QED) is 0.661. The van der Waals surface area contributed by atoms with Crippen molar-refractivity contribution < 1.29 is 4.79 Å². The average Bonchev–Trinajstić information content (AvgIpc) is 2.47. The molecule has 2 rings (SSSR count). The summed E-state index contributed by atoms with van der Waals surface area (Å²) in [5.41, 5.74) is 3.00. The molecule has 0 amide bonds. The first-order valence-corrected chi connectivity index (χ1v) is 4.27. The number of Topliss-reactive ketones (excluding diaryl/α,β-unsaturated/α-hetero) is 1. The van der Waals surface area contributed by atoms with Gasteiger partial charge < -0.3 is 4.98 Å². The molecule has 1 heterocycles. The van der Waals surface area contributed by atoms with Crippen LogP contribution in [0.4, 0.5) is 0 Å². The summed E-state index contributed by atoms with van der Waals surface area (Å²) < 4.78 is 0. The van der Waals surface area contributed by atoms with E-state index in [1.54, 1.807) is 6.92 Å². The van der Waals surface area contributed by atoms with Gasteiger partial charge in [0.15, 0.2) is 5.78 Å². The number of carbonyl (C=O) groups excluding carboxylic acids is 1. The number of hydrogen-bond acceptors (Lipinski definition) is 1. The lowest BCUT2D eigenvalue weighted by Crippen LogP contribution is -1.90.